The lowest BCUT2D eigenvalue weighted by molar-refractivity contribution is 0.102. The fourth-order valence-corrected chi connectivity index (χ4v) is 2.74. The van der Waals surface area contributed by atoms with Gasteiger partial charge in [-0.1, -0.05) is 11.6 Å². The van der Waals surface area contributed by atoms with Crippen molar-refractivity contribution < 1.29 is 9.53 Å². The third-order valence-electron chi connectivity index (χ3n) is 3.71. The summed E-state index contributed by atoms with van der Waals surface area (Å²) in [5.74, 6) is 1.04. The minimum Gasteiger partial charge on any atom is -0.495 e. The Hall–Kier alpha value is -2.34. The highest BCUT2D eigenvalue weighted by atomic mass is 35.5. The highest BCUT2D eigenvalue weighted by Crippen LogP contribution is 2.27. The minimum absolute atomic E-state index is 0.264. The van der Waals surface area contributed by atoms with E-state index < -0.39 is 0 Å². The molecule has 0 radical (unpaired) electrons. The Morgan fingerprint density at radius 2 is 2.04 bits per heavy atom. The fraction of sp³-hybridized carbons (Fsp3) is 0.312. The topological polar surface area (TPSA) is 67.3 Å². The number of ether oxygens (including phenoxy) is 1. The van der Waals surface area contributed by atoms with E-state index in [0.29, 0.717) is 16.5 Å². The summed E-state index contributed by atoms with van der Waals surface area (Å²) in [7, 11) is 1.54. The van der Waals surface area contributed by atoms with Gasteiger partial charge >= 0.3 is 0 Å². The van der Waals surface area contributed by atoms with Gasteiger partial charge in [0.25, 0.3) is 5.91 Å². The van der Waals surface area contributed by atoms with E-state index in [1.54, 1.807) is 24.4 Å². The van der Waals surface area contributed by atoms with E-state index in [2.05, 4.69) is 20.2 Å². The van der Waals surface area contributed by atoms with Crippen molar-refractivity contribution in [1.82, 2.24) is 9.97 Å². The van der Waals surface area contributed by atoms with Crippen LogP contribution in [0.25, 0.3) is 0 Å². The smallest absolute Gasteiger partial charge is 0.275 e. The molecule has 2 aromatic rings. The monoisotopic (exact) mass is 332 g/mol. The third-order valence-corrected chi connectivity index (χ3v) is 4.01. The summed E-state index contributed by atoms with van der Waals surface area (Å²) in [4.78, 5) is 22.9. The van der Waals surface area contributed by atoms with E-state index in [0.717, 1.165) is 18.9 Å². The summed E-state index contributed by atoms with van der Waals surface area (Å²) in [6, 6.07) is 5.04. The lowest BCUT2D eigenvalue weighted by Gasteiger charge is -2.15. The van der Waals surface area contributed by atoms with Gasteiger partial charge in [0.1, 0.15) is 17.3 Å². The molecule has 1 aromatic carbocycles. The van der Waals surface area contributed by atoms with E-state index in [1.807, 2.05) is 0 Å². The van der Waals surface area contributed by atoms with Gasteiger partial charge in [0, 0.05) is 18.8 Å². The van der Waals surface area contributed by atoms with Crippen LogP contribution in [0.3, 0.4) is 0 Å². The standard InChI is InChI=1S/C16H17ClN4O2/c1-23-14-5-4-11(8-12(14)17)20-16(22)13-9-19-15(10-18-13)21-6-2-3-7-21/h4-5,8-10H,2-3,6-7H2,1H3,(H,20,22). The summed E-state index contributed by atoms with van der Waals surface area (Å²) < 4.78 is 5.08. The number of aromatic nitrogens is 2. The molecule has 0 bridgehead atoms. The molecule has 1 amide bonds. The van der Waals surface area contributed by atoms with Crippen molar-refractivity contribution in [2.75, 3.05) is 30.4 Å². The van der Waals surface area contributed by atoms with Crippen LogP contribution >= 0.6 is 11.6 Å². The number of anilines is 2. The van der Waals surface area contributed by atoms with Crippen LogP contribution in [0.15, 0.2) is 30.6 Å². The number of methoxy groups -OCH3 is 1. The number of hydrogen-bond acceptors (Lipinski definition) is 5. The molecule has 1 aromatic heterocycles. The average molecular weight is 333 g/mol. The first-order chi connectivity index (χ1) is 11.2. The predicted molar refractivity (Wildman–Crippen MR) is 89.4 cm³/mol. The van der Waals surface area contributed by atoms with E-state index in [9.17, 15) is 4.79 Å². The first kappa shape index (κ1) is 15.6. The van der Waals surface area contributed by atoms with Crippen molar-refractivity contribution in [3.8, 4) is 5.75 Å². The molecule has 0 aliphatic carbocycles. The third kappa shape index (κ3) is 3.53. The number of hydrogen-bond donors (Lipinski definition) is 1. The zero-order chi connectivity index (χ0) is 16.2. The normalized spacial score (nSPS) is 13.9. The van der Waals surface area contributed by atoms with Gasteiger partial charge in [0.05, 0.1) is 24.5 Å². The molecule has 1 fully saturated rings. The van der Waals surface area contributed by atoms with Crippen molar-refractivity contribution in [2.24, 2.45) is 0 Å². The van der Waals surface area contributed by atoms with Crippen LogP contribution in [0, 0.1) is 0 Å². The number of benzene rings is 1. The Labute approximate surface area is 139 Å². The molecule has 2 heterocycles. The Morgan fingerprint density at radius 3 is 2.65 bits per heavy atom. The van der Waals surface area contributed by atoms with E-state index >= 15 is 0 Å². The minimum atomic E-state index is -0.327. The second-order valence-corrected chi connectivity index (χ2v) is 5.66. The van der Waals surface area contributed by atoms with Crippen LogP contribution in [-0.4, -0.2) is 36.1 Å². The van der Waals surface area contributed by atoms with E-state index in [4.69, 9.17) is 16.3 Å². The summed E-state index contributed by atoms with van der Waals surface area (Å²) in [5.41, 5.74) is 0.839. The van der Waals surface area contributed by atoms with Crippen LogP contribution in [0.4, 0.5) is 11.5 Å². The van der Waals surface area contributed by atoms with Gasteiger partial charge in [-0.15, -0.1) is 0 Å². The molecule has 1 aliphatic rings. The molecule has 7 heteroatoms. The van der Waals surface area contributed by atoms with E-state index in [1.165, 1.54) is 26.1 Å². The fourth-order valence-electron chi connectivity index (χ4n) is 2.49. The van der Waals surface area contributed by atoms with Crippen molar-refractivity contribution in [3.05, 3.63) is 41.3 Å². The maximum atomic E-state index is 12.2. The first-order valence-corrected chi connectivity index (χ1v) is 7.77. The van der Waals surface area contributed by atoms with Crippen molar-refractivity contribution in [2.45, 2.75) is 12.8 Å². The van der Waals surface area contributed by atoms with Gasteiger partial charge < -0.3 is 15.0 Å². The van der Waals surface area contributed by atoms with Crippen LogP contribution in [0.5, 0.6) is 5.75 Å². The molecule has 0 unspecified atom stereocenters. The van der Waals surface area contributed by atoms with Gasteiger partial charge in [-0.2, -0.15) is 0 Å². The molecular formula is C16H17ClN4O2. The van der Waals surface area contributed by atoms with Crippen molar-refractivity contribution in [1.29, 1.82) is 0 Å². The number of halogens is 1. The second kappa shape index (κ2) is 6.83. The van der Waals surface area contributed by atoms with Crippen LogP contribution in [0.1, 0.15) is 23.3 Å². The Morgan fingerprint density at radius 1 is 1.26 bits per heavy atom. The lowest BCUT2D eigenvalue weighted by Crippen LogP contribution is -2.20. The van der Waals surface area contributed by atoms with Gasteiger partial charge in [-0.3, -0.25) is 4.79 Å². The summed E-state index contributed by atoms with van der Waals surface area (Å²) in [5, 5.41) is 3.18. The molecule has 1 aliphatic heterocycles. The summed E-state index contributed by atoms with van der Waals surface area (Å²) >= 11 is 6.04. The summed E-state index contributed by atoms with van der Waals surface area (Å²) in [6.45, 7) is 1.98. The number of nitrogens with one attached hydrogen (secondary N) is 1. The maximum absolute atomic E-state index is 12.2. The predicted octanol–water partition coefficient (Wildman–Crippen LogP) is 2.99. The Balaban J connectivity index is 1.69. The number of rotatable bonds is 4. The number of nitrogens with zero attached hydrogens (tertiary/aromatic N) is 3. The highest BCUT2D eigenvalue weighted by Gasteiger charge is 2.15. The molecule has 0 atom stereocenters. The lowest BCUT2D eigenvalue weighted by atomic mass is 10.3. The molecule has 1 N–H and O–H groups in total. The van der Waals surface area contributed by atoms with Crippen LogP contribution in [-0.2, 0) is 0 Å². The molecule has 23 heavy (non-hydrogen) atoms. The molecule has 0 spiro atoms. The molecule has 120 valence electrons. The Kier molecular flexibility index (Phi) is 4.62. The first-order valence-electron chi connectivity index (χ1n) is 7.39. The number of carbonyl (C=O) groups excluding carboxylic acids is 1. The molecule has 1 saturated heterocycles. The SMILES string of the molecule is COc1ccc(NC(=O)c2cnc(N3CCCC3)cn2)cc1Cl. The van der Waals surface area contributed by atoms with Gasteiger partial charge in [0.15, 0.2) is 0 Å². The zero-order valence-corrected chi connectivity index (χ0v) is 13.5. The average Bonchev–Trinajstić information content (AvgIpc) is 3.09. The van der Waals surface area contributed by atoms with Gasteiger partial charge in [0.2, 0.25) is 0 Å². The van der Waals surface area contributed by atoms with Crippen molar-refractivity contribution in [3.63, 3.8) is 0 Å². The Bertz CT molecular complexity index is 700. The number of amides is 1. The van der Waals surface area contributed by atoms with Crippen molar-refractivity contribution >= 4 is 29.0 Å². The number of carbonyl (C=O) groups is 1. The summed E-state index contributed by atoms with van der Waals surface area (Å²) in [6.07, 6.45) is 5.47. The van der Waals surface area contributed by atoms with Crippen LogP contribution in [0.2, 0.25) is 5.02 Å². The molecule has 6 nitrogen and oxygen atoms in total. The van der Waals surface area contributed by atoms with E-state index in [-0.39, 0.29) is 11.6 Å². The molecular weight excluding hydrogens is 316 g/mol. The van der Waals surface area contributed by atoms with Gasteiger partial charge in [-0.25, -0.2) is 9.97 Å². The quantitative estimate of drug-likeness (QED) is 0.932. The molecule has 0 saturated carbocycles. The zero-order valence-electron chi connectivity index (χ0n) is 12.8. The molecule has 3 rings (SSSR count). The van der Waals surface area contributed by atoms with Crippen LogP contribution < -0.4 is 15.0 Å². The highest BCUT2D eigenvalue weighted by molar-refractivity contribution is 6.32. The van der Waals surface area contributed by atoms with Gasteiger partial charge in [-0.05, 0) is 31.0 Å². The second-order valence-electron chi connectivity index (χ2n) is 5.26. The largest absolute Gasteiger partial charge is 0.495 e. The maximum Gasteiger partial charge on any atom is 0.275 e.